The second-order valence-electron chi connectivity index (χ2n) is 4.43. The van der Waals surface area contributed by atoms with E-state index in [0.29, 0.717) is 6.42 Å². The molecule has 96 valence electrons. The minimum absolute atomic E-state index is 0.0689. The molecule has 0 bridgehead atoms. The lowest BCUT2D eigenvalue weighted by Crippen LogP contribution is -2.31. The van der Waals surface area contributed by atoms with Crippen molar-refractivity contribution in [2.75, 3.05) is 10.7 Å². The van der Waals surface area contributed by atoms with E-state index in [2.05, 4.69) is 0 Å². The largest absolute Gasteiger partial charge is 0.274 e. The topological polar surface area (TPSA) is 37.4 Å². The van der Waals surface area contributed by atoms with Crippen LogP contribution >= 0.6 is 11.8 Å². The quantitative estimate of drug-likeness (QED) is 0.787. The maximum absolute atomic E-state index is 12.3. The molecule has 2 amide bonds. The molecule has 1 fully saturated rings. The first-order valence-electron chi connectivity index (χ1n) is 6.11. The number of thioether (sulfide) groups is 1. The summed E-state index contributed by atoms with van der Waals surface area (Å²) in [5, 5.41) is -0.206. The molecule has 1 atom stereocenters. The van der Waals surface area contributed by atoms with Gasteiger partial charge in [-0.3, -0.25) is 9.59 Å². The molecule has 1 saturated heterocycles. The van der Waals surface area contributed by atoms with Crippen molar-refractivity contribution >= 4 is 29.3 Å². The average molecular weight is 263 g/mol. The first kappa shape index (κ1) is 13.1. The molecule has 0 aromatic heterocycles. The van der Waals surface area contributed by atoms with Gasteiger partial charge < -0.3 is 0 Å². The van der Waals surface area contributed by atoms with Gasteiger partial charge in [0.05, 0.1) is 10.9 Å². The number of hydrogen-bond acceptors (Lipinski definition) is 3. The number of aryl methyl sites for hydroxylation is 1. The van der Waals surface area contributed by atoms with Crippen LogP contribution in [0.5, 0.6) is 0 Å². The van der Waals surface area contributed by atoms with Gasteiger partial charge in [0.2, 0.25) is 11.8 Å². The second kappa shape index (κ2) is 5.14. The lowest BCUT2D eigenvalue weighted by molar-refractivity contribution is -0.121. The molecule has 0 spiro atoms. The van der Waals surface area contributed by atoms with E-state index in [9.17, 15) is 9.59 Å². The minimum Gasteiger partial charge on any atom is -0.274 e. The van der Waals surface area contributed by atoms with Gasteiger partial charge in [0.1, 0.15) is 0 Å². The highest BCUT2D eigenvalue weighted by atomic mass is 32.2. The summed E-state index contributed by atoms with van der Waals surface area (Å²) in [6.07, 6.45) is 0.324. The Morgan fingerprint density at radius 3 is 2.72 bits per heavy atom. The molecule has 0 radical (unpaired) electrons. The van der Waals surface area contributed by atoms with E-state index in [1.807, 2.05) is 39.0 Å². The summed E-state index contributed by atoms with van der Waals surface area (Å²) in [5.74, 6) is 0.699. The van der Waals surface area contributed by atoms with E-state index >= 15 is 0 Å². The zero-order valence-corrected chi connectivity index (χ0v) is 11.7. The molecule has 2 rings (SSSR count). The zero-order valence-electron chi connectivity index (χ0n) is 10.9. The SMILES string of the molecule is CCSC1CC(=O)N(c2cccc(C)c2C)C1=O. The van der Waals surface area contributed by atoms with Crippen LogP contribution in [0.3, 0.4) is 0 Å². The summed E-state index contributed by atoms with van der Waals surface area (Å²) in [6, 6.07) is 5.72. The Morgan fingerprint density at radius 1 is 1.33 bits per heavy atom. The van der Waals surface area contributed by atoms with Crippen LogP contribution in [0.2, 0.25) is 0 Å². The Kier molecular flexibility index (Phi) is 3.76. The van der Waals surface area contributed by atoms with Crippen LogP contribution in [-0.4, -0.2) is 22.8 Å². The third-order valence-electron chi connectivity index (χ3n) is 3.29. The van der Waals surface area contributed by atoms with Crippen LogP contribution in [-0.2, 0) is 9.59 Å². The van der Waals surface area contributed by atoms with E-state index in [1.165, 1.54) is 4.90 Å². The van der Waals surface area contributed by atoms with Crippen molar-refractivity contribution in [1.82, 2.24) is 0 Å². The van der Waals surface area contributed by atoms with Gasteiger partial charge in [-0.15, -0.1) is 11.8 Å². The Labute approximate surface area is 112 Å². The number of rotatable bonds is 3. The van der Waals surface area contributed by atoms with Crippen molar-refractivity contribution < 1.29 is 9.59 Å². The summed E-state index contributed by atoms with van der Waals surface area (Å²) in [7, 11) is 0. The van der Waals surface area contributed by atoms with Crippen LogP contribution < -0.4 is 4.90 Å². The Morgan fingerprint density at radius 2 is 2.06 bits per heavy atom. The summed E-state index contributed by atoms with van der Waals surface area (Å²) in [5.41, 5.74) is 2.84. The minimum atomic E-state index is -0.206. The molecular weight excluding hydrogens is 246 g/mol. The molecular formula is C14H17NO2S. The maximum atomic E-state index is 12.3. The molecule has 0 aliphatic carbocycles. The molecule has 3 nitrogen and oxygen atoms in total. The summed E-state index contributed by atoms with van der Waals surface area (Å²) < 4.78 is 0. The monoisotopic (exact) mass is 263 g/mol. The van der Waals surface area contributed by atoms with Gasteiger partial charge in [-0.05, 0) is 36.8 Å². The van der Waals surface area contributed by atoms with E-state index in [-0.39, 0.29) is 17.1 Å². The van der Waals surface area contributed by atoms with Crippen molar-refractivity contribution in [2.45, 2.75) is 32.4 Å². The number of nitrogens with zero attached hydrogens (tertiary/aromatic N) is 1. The van der Waals surface area contributed by atoms with Crippen LogP contribution in [0.4, 0.5) is 5.69 Å². The number of imide groups is 1. The van der Waals surface area contributed by atoms with Gasteiger partial charge >= 0.3 is 0 Å². The fraction of sp³-hybridized carbons (Fsp3) is 0.429. The molecule has 0 N–H and O–H groups in total. The third kappa shape index (κ3) is 2.17. The van der Waals surface area contributed by atoms with E-state index in [4.69, 9.17) is 0 Å². The first-order chi connectivity index (χ1) is 8.56. The van der Waals surface area contributed by atoms with E-state index in [0.717, 1.165) is 22.6 Å². The zero-order chi connectivity index (χ0) is 13.3. The number of anilines is 1. The predicted octanol–water partition coefficient (Wildman–Crippen LogP) is 2.69. The average Bonchev–Trinajstić information content (AvgIpc) is 2.60. The van der Waals surface area contributed by atoms with Gasteiger partial charge in [0, 0.05) is 6.42 Å². The van der Waals surface area contributed by atoms with Crippen molar-refractivity contribution in [3.8, 4) is 0 Å². The molecule has 1 aromatic carbocycles. The molecule has 4 heteroatoms. The first-order valence-corrected chi connectivity index (χ1v) is 7.15. The molecule has 18 heavy (non-hydrogen) atoms. The third-order valence-corrected chi connectivity index (χ3v) is 4.39. The van der Waals surface area contributed by atoms with Gasteiger partial charge in [0.15, 0.2) is 0 Å². The highest BCUT2D eigenvalue weighted by Gasteiger charge is 2.39. The summed E-state index contributed by atoms with van der Waals surface area (Å²) in [4.78, 5) is 25.6. The van der Waals surface area contributed by atoms with E-state index < -0.39 is 0 Å². The molecule has 0 saturated carbocycles. The predicted molar refractivity (Wildman–Crippen MR) is 74.9 cm³/mol. The van der Waals surface area contributed by atoms with E-state index in [1.54, 1.807) is 11.8 Å². The molecule has 1 unspecified atom stereocenters. The summed E-state index contributed by atoms with van der Waals surface area (Å²) in [6.45, 7) is 5.94. The van der Waals surface area contributed by atoms with Gasteiger partial charge in [-0.2, -0.15) is 0 Å². The van der Waals surface area contributed by atoms with Crippen molar-refractivity contribution in [3.05, 3.63) is 29.3 Å². The normalized spacial score (nSPS) is 19.7. The van der Waals surface area contributed by atoms with Crippen molar-refractivity contribution in [2.24, 2.45) is 0 Å². The number of amides is 2. The fourth-order valence-electron chi connectivity index (χ4n) is 2.17. The molecule has 1 aromatic rings. The van der Waals surface area contributed by atoms with Gasteiger partial charge in [-0.1, -0.05) is 19.1 Å². The van der Waals surface area contributed by atoms with Crippen molar-refractivity contribution in [3.63, 3.8) is 0 Å². The Balaban J connectivity index is 2.36. The molecule has 1 aliphatic heterocycles. The summed E-state index contributed by atoms with van der Waals surface area (Å²) >= 11 is 1.55. The fourth-order valence-corrected chi connectivity index (χ4v) is 3.08. The smallest absolute Gasteiger partial charge is 0.247 e. The standard InChI is InChI=1S/C14H17NO2S/c1-4-18-12-8-13(16)15(14(12)17)11-7-5-6-9(2)10(11)3/h5-7,12H,4,8H2,1-3H3. The van der Waals surface area contributed by atoms with Gasteiger partial charge in [-0.25, -0.2) is 4.90 Å². The number of carbonyl (C=O) groups is 2. The maximum Gasteiger partial charge on any atom is 0.247 e. The lowest BCUT2D eigenvalue weighted by Gasteiger charge is -2.18. The van der Waals surface area contributed by atoms with Crippen LogP contribution in [0.15, 0.2) is 18.2 Å². The van der Waals surface area contributed by atoms with Gasteiger partial charge in [0.25, 0.3) is 0 Å². The Hall–Kier alpha value is -1.29. The number of benzene rings is 1. The molecule has 1 heterocycles. The number of carbonyl (C=O) groups excluding carboxylic acids is 2. The highest BCUT2D eigenvalue weighted by Crippen LogP contribution is 2.32. The van der Waals surface area contributed by atoms with Crippen LogP contribution in [0.25, 0.3) is 0 Å². The van der Waals surface area contributed by atoms with Crippen LogP contribution in [0, 0.1) is 13.8 Å². The number of hydrogen-bond donors (Lipinski definition) is 0. The van der Waals surface area contributed by atoms with Crippen molar-refractivity contribution in [1.29, 1.82) is 0 Å². The lowest BCUT2D eigenvalue weighted by atomic mass is 10.1. The van der Waals surface area contributed by atoms with Crippen LogP contribution in [0.1, 0.15) is 24.5 Å². The second-order valence-corrected chi connectivity index (χ2v) is 5.91. The Bertz CT molecular complexity index is 499. The molecule has 1 aliphatic rings. The highest BCUT2D eigenvalue weighted by molar-refractivity contribution is 8.00.